The molecule has 0 aliphatic carbocycles. The SMILES string of the molecule is O=C(NC(=O)C(Br)CBr)Nc1ccc(Oc2ccccc2)cc1. The van der Waals surface area contributed by atoms with Gasteiger partial charge in [-0.15, -0.1) is 0 Å². The lowest BCUT2D eigenvalue weighted by Gasteiger charge is -2.10. The van der Waals surface area contributed by atoms with E-state index < -0.39 is 16.8 Å². The van der Waals surface area contributed by atoms with E-state index in [1.807, 2.05) is 30.3 Å². The summed E-state index contributed by atoms with van der Waals surface area (Å²) in [6.45, 7) is 0. The molecule has 0 heterocycles. The summed E-state index contributed by atoms with van der Waals surface area (Å²) in [6, 6.07) is 15.7. The number of nitrogens with one attached hydrogen (secondary N) is 2. The number of halogens is 2. The molecule has 2 aromatic carbocycles. The molecule has 7 heteroatoms. The first kappa shape index (κ1) is 17.5. The van der Waals surface area contributed by atoms with Gasteiger partial charge >= 0.3 is 6.03 Å². The van der Waals surface area contributed by atoms with Crippen molar-refractivity contribution >= 4 is 49.5 Å². The standard InChI is InChI=1S/C16H14Br2N2O3/c17-10-14(18)15(21)20-16(22)19-11-6-8-13(9-7-11)23-12-4-2-1-3-5-12/h1-9,14H,10H2,(H2,19,20,21,22). The predicted octanol–water partition coefficient (Wildman–Crippen LogP) is 4.29. The van der Waals surface area contributed by atoms with E-state index in [1.165, 1.54) is 0 Å². The van der Waals surface area contributed by atoms with Crippen LogP contribution in [0.5, 0.6) is 11.5 Å². The van der Waals surface area contributed by atoms with Gasteiger partial charge in [0.2, 0.25) is 5.91 Å². The van der Waals surface area contributed by atoms with Gasteiger partial charge in [0, 0.05) is 11.0 Å². The fourth-order valence-electron chi connectivity index (χ4n) is 1.65. The van der Waals surface area contributed by atoms with Gasteiger partial charge in [0.05, 0.1) is 0 Å². The van der Waals surface area contributed by atoms with E-state index in [2.05, 4.69) is 42.5 Å². The Bertz CT molecular complexity index is 663. The third kappa shape index (κ3) is 5.69. The highest BCUT2D eigenvalue weighted by atomic mass is 79.9. The Labute approximate surface area is 150 Å². The van der Waals surface area contributed by atoms with Gasteiger partial charge in [0.25, 0.3) is 0 Å². The molecule has 120 valence electrons. The predicted molar refractivity (Wildman–Crippen MR) is 96.6 cm³/mol. The van der Waals surface area contributed by atoms with Gasteiger partial charge in [-0.25, -0.2) is 4.79 Å². The minimum absolute atomic E-state index is 0.414. The number of anilines is 1. The number of para-hydroxylation sites is 1. The van der Waals surface area contributed by atoms with Crippen molar-refractivity contribution in [1.82, 2.24) is 5.32 Å². The van der Waals surface area contributed by atoms with Crippen molar-refractivity contribution in [3.05, 3.63) is 54.6 Å². The summed E-state index contributed by atoms with van der Waals surface area (Å²) in [5, 5.41) is 5.23. The average Bonchev–Trinajstić information content (AvgIpc) is 2.56. The van der Waals surface area contributed by atoms with Crippen LogP contribution in [0.2, 0.25) is 0 Å². The molecule has 0 saturated heterocycles. The molecule has 2 aromatic rings. The van der Waals surface area contributed by atoms with Crippen LogP contribution in [0, 0.1) is 0 Å². The monoisotopic (exact) mass is 440 g/mol. The number of imide groups is 1. The zero-order valence-electron chi connectivity index (χ0n) is 12.0. The fourth-order valence-corrected chi connectivity index (χ4v) is 2.06. The van der Waals surface area contributed by atoms with E-state index in [4.69, 9.17) is 4.74 Å². The molecule has 2 rings (SSSR count). The fraction of sp³-hybridized carbons (Fsp3) is 0.125. The summed E-state index contributed by atoms with van der Waals surface area (Å²) < 4.78 is 5.66. The number of benzene rings is 2. The molecule has 5 nitrogen and oxygen atoms in total. The summed E-state index contributed by atoms with van der Waals surface area (Å²) in [4.78, 5) is 22.8. The van der Waals surface area contributed by atoms with Crippen molar-refractivity contribution in [1.29, 1.82) is 0 Å². The van der Waals surface area contributed by atoms with Crippen LogP contribution < -0.4 is 15.4 Å². The first-order valence-electron chi connectivity index (χ1n) is 6.73. The van der Waals surface area contributed by atoms with E-state index >= 15 is 0 Å². The highest BCUT2D eigenvalue weighted by Gasteiger charge is 2.15. The number of amides is 3. The van der Waals surface area contributed by atoms with Gasteiger partial charge in [0.15, 0.2) is 0 Å². The number of rotatable bonds is 5. The van der Waals surface area contributed by atoms with Gasteiger partial charge in [-0.1, -0.05) is 50.1 Å². The van der Waals surface area contributed by atoms with Crippen molar-refractivity contribution in [3.63, 3.8) is 0 Å². The molecule has 0 aliphatic rings. The molecule has 0 saturated carbocycles. The Kier molecular flexibility index (Phi) is 6.61. The lowest BCUT2D eigenvalue weighted by Crippen LogP contribution is -2.39. The third-order valence-corrected chi connectivity index (χ3v) is 5.00. The maximum absolute atomic E-state index is 11.7. The Balaban J connectivity index is 1.90. The van der Waals surface area contributed by atoms with Crippen LogP contribution in [0.1, 0.15) is 0 Å². The Morgan fingerprint density at radius 2 is 1.61 bits per heavy atom. The Hall–Kier alpha value is -1.86. The van der Waals surface area contributed by atoms with Crippen LogP contribution in [-0.2, 0) is 4.79 Å². The molecule has 23 heavy (non-hydrogen) atoms. The molecule has 0 bridgehead atoms. The van der Waals surface area contributed by atoms with Gasteiger partial charge in [-0.3, -0.25) is 10.1 Å². The van der Waals surface area contributed by atoms with Crippen molar-refractivity contribution in [2.75, 3.05) is 10.6 Å². The molecule has 0 aliphatic heterocycles. The second kappa shape index (κ2) is 8.69. The van der Waals surface area contributed by atoms with Crippen LogP contribution in [0.4, 0.5) is 10.5 Å². The molecule has 3 amide bonds. The molecule has 0 spiro atoms. The van der Waals surface area contributed by atoms with E-state index in [9.17, 15) is 9.59 Å². The largest absolute Gasteiger partial charge is 0.457 e. The summed E-state index contributed by atoms with van der Waals surface area (Å²) in [7, 11) is 0. The number of hydrogen-bond acceptors (Lipinski definition) is 3. The second-order valence-electron chi connectivity index (χ2n) is 4.50. The molecule has 0 radical (unpaired) electrons. The minimum Gasteiger partial charge on any atom is -0.457 e. The van der Waals surface area contributed by atoms with E-state index in [-0.39, 0.29) is 0 Å². The van der Waals surface area contributed by atoms with E-state index in [1.54, 1.807) is 24.3 Å². The molecule has 0 fully saturated rings. The minimum atomic E-state index is -0.586. The maximum atomic E-state index is 11.7. The number of carbonyl (C=O) groups is 2. The van der Waals surface area contributed by atoms with E-state index in [0.29, 0.717) is 16.8 Å². The average molecular weight is 442 g/mol. The van der Waals surface area contributed by atoms with Crippen molar-refractivity contribution < 1.29 is 14.3 Å². The van der Waals surface area contributed by atoms with Crippen LogP contribution in [0.15, 0.2) is 54.6 Å². The van der Waals surface area contributed by atoms with Gasteiger partial charge in [0.1, 0.15) is 16.3 Å². The summed E-state index contributed by atoms with van der Waals surface area (Å²) in [5.74, 6) is 0.969. The van der Waals surface area contributed by atoms with Gasteiger partial charge in [-0.2, -0.15) is 0 Å². The van der Waals surface area contributed by atoms with Crippen LogP contribution in [0.25, 0.3) is 0 Å². The third-order valence-electron chi connectivity index (χ3n) is 2.75. The summed E-state index contributed by atoms with van der Waals surface area (Å²) in [5.41, 5.74) is 0.556. The highest BCUT2D eigenvalue weighted by molar-refractivity contribution is 9.12. The Morgan fingerprint density at radius 3 is 2.22 bits per heavy atom. The second-order valence-corrected chi connectivity index (χ2v) is 6.26. The molecular formula is C16H14Br2N2O3. The van der Waals surface area contributed by atoms with Gasteiger partial charge in [-0.05, 0) is 36.4 Å². The molecular weight excluding hydrogens is 428 g/mol. The highest BCUT2D eigenvalue weighted by Crippen LogP contribution is 2.22. The number of hydrogen-bond donors (Lipinski definition) is 2. The van der Waals surface area contributed by atoms with Crippen molar-refractivity contribution in [2.45, 2.75) is 4.83 Å². The first-order chi connectivity index (χ1) is 11.1. The van der Waals surface area contributed by atoms with E-state index in [0.717, 1.165) is 5.75 Å². The summed E-state index contributed by atoms with van der Waals surface area (Å²) >= 11 is 6.30. The smallest absolute Gasteiger partial charge is 0.325 e. The Morgan fingerprint density at radius 1 is 1.00 bits per heavy atom. The number of ether oxygens (including phenoxy) is 1. The van der Waals surface area contributed by atoms with Crippen molar-refractivity contribution in [2.24, 2.45) is 0 Å². The van der Waals surface area contributed by atoms with Crippen LogP contribution in [0.3, 0.4) is 0 Å². The van der Waals surface area contributed by atoms with Crippen LogP contribution >= 0.6 is 31.9 Å². The molecule has 2 N–H and O–H groups in total. The summed E-state index contributed by atoms with van der Waals surface area (Å²) in [6.07, 6.45) is 0. The number of carbonyl (C=O) groups excluding carboxylic acids is 2. The lowest BCUT2D eigenvalue weighted by atomic mass is 10.3. The molecule has 1 unspecified atom stereocenters. The quantitative estimate of drug-likeness (QED) is 0.680. The topological polar surface area (TPSA) is 67.4 Å². The lowest BCUT2D eigenvalue weighted by molar-refractivity contribution is -0.118. The zero-order valence-corrected chi connectivity index (χ0v) is 15.1. The number of alkyl halides is 2. The van der Waals surface area contributed by atoms with Crippen LogP contribution in [-0.4, -0.2) is 22.1 Å². The molecule has 1 atom stereocenters. The zero-order chi connectivity index (χ0) is 16.7. The maximum Gasteiger partial charge on any atom is 0.325 e. The normalized spacial score (nSPS) is 11.4. The van der Waals surface area contributed by atoms with Gasteiger partial charge < -0.3 is 10.1 Å². The molecule has 0 aromatic heterocycles. The first-order valence-corrected chi connectivity index (χ1v) is 8.77. The van der Waals surface area contributed by atoms with Crippen molar-refractivity contribution in [3.8, 4) is 11.5 Å². The number of urea groups is 1.